The highest BCUT2D eigenvalue weighted by molar-refractivity contribution is 5.96. The molecule has 1 aliphatic heterocycles. The number of carbonyl (C=O) groups is 2. The number of hydrogen-bond donors (Lipinski definition) is 1. The number of carboxylic acids is 1. The fourth-order valence-corrected chi connectivity index (χ4v) is 3.49. The van der Waals surface area contributed by atoms with Gasteiger partial charge < -0.3 is 14.4 Å². The van der Waals surface area contributed by atoms with Crippen molar-refractivity contribution in [2.75, 3.05) is 6.54 Å². The maximum absolute atomic E-state index is 13.6. The Balaban J connectivity index is 1.94. The normalized spacial score (nSPS) is 20.0. The van der Waals surface area contributed by atoms with Gasteiger partial charge in [0.05, 0.1) is 6.04 Å². The molecule has 0 aliphatic carbocycles. The number of aryl methyl sites for hydroxylation is 1. The Morgan fingerprint density at radius 3 is 2.72 bits per heavy atom. The lowest BCUT2D eigenvalue weighted by atomic mass is 9.95. The number of aromatic carboxylic acids is 1. The number of carbonyl (C=O) groups excluding carboxylic acids is 1. The van der Waals surface area contributed by atoms with Crippen molar-refractivity contribution in [1.82, 2.24) is 4.90 Å². The van der Waals surface area contributed by atoms with E-state index in [-0.39, 0.29) is 40.8 Å². The van der Waals surface area contributed by atoms with Crippen LogP contribution in [0.25, 0.3) is 0 Å². The van der Waals surface area contributed by atoms with Crippen LogP contribution in [0.15, 0.2) is 34.7 Å². The molecule has 1 aliphatic rings. The largest absolute Gasteiger partial charge is 0.478 e. The molecule has 0 spiro atoms. The average Bonchev–Trinajstić information content (AvgIpc) is 3.18. The topological polar surface area (TPSA) is 70.8 Å². The predicted molar refractivity (Wildman–Crippen MR) is 89.0 cm³/mol. The van der Waals surface area contributed by atoms with E-state index in [2.05, 4.69) is 0 Å². The Kier molecular flexibility index (Phi) is 4.61. The molecular formula is C19H20FNO4. The van der Waals surface area contributed by atoms with Gasteiger partial charge in [0.2, 0.25) is 0 Å². The van der Waals surface area contributed by atoms with Crippen molar-refractivity contribution in [2.45, 2.75) is 32.7 Å². The van der Waals surface area contributed by atoms with E-state index in [1.165, 1.54) is 18.2 Å². The number of furan rings is 1. The Labute approximate surface area is 145 Å². The minimum atomic E-state index is -1.11. The van der Waals surface area contributed by atoms with Crippen molar-refractivity contribution < 1.29 is 23.5 Å². The summed E-state index contributed by atoms with van der Waals surface area (Å²) in [4.78, 5) is 25.8. The van der Waals surface area contributed by atoms with E-state index < -0.39 is 5.97 Å². The maximum atomic E-state index is 13.6. The van der Waals surface area contributed by atoms with E-state index in [4.69, 9.17) is 4.42 Å². The second-order valence-electron chi connectivity index (χ2n) is 6.37. The lowest BCUT2D eigenvalue weighted by molar-refractivity contribution is 0.0679. The van der Waals surface area contributed by atoms with Gasteiger partial charge in [0.25, 0.3) is 5.91 Å². The molecule has 2 unspecified atom stereocenters. The lowest BCUT2D eigenvalue weighted by Crippen LogP contribution is -2.31. The molecule has 2 heterocycles. The number of likely N-dealkylation sites (tertiary alicyclic amines) is 1. The van der Waals surface area contributed by atoms with Crippen LogP contribution in [0.3, 0.4) is 0 Å². The van der Waals surface area contributed by atoms with Gasteiger partial charge in [-0.25, -0.2) is 9.18 Å². The molecule has 0 bridgehead atoms. The quantitative estimate of drug-likeness (QED) is 0.912. The molecule has 1 amide bonds. The number of carboxylic acid groups (broad SMARTS) is 1. The smallest absolute Gasteiger partial charge is 0.339 e. The third-order valence-corrected chi connectivity index (χ3v) is 4.72. The summed E-state index contributed by atoms with van der Waals surface area (Å²) in [7, 11) is 0. The molecule has 25 heavy (non-hydrogen) atoms. The molecule has 0 saturated carbocycles. The Morgan fingerprint density at radius 2 is 2.12 bits per heavy atom. The summed E-state index contributed by atoms with van der Waals surface area (Å²) >= 11 is 0. The first-order valence-electron chi connectivity index (χ1n) is 8.34. The minimum absolute atomic E-state index is 0.0143. The molecule has 6 heteroatoms. The molecular weight excluding hydrogens is 325 g/mol. The molecule has 132 valence electrons. The molecule has 0 radical (unpaired) electrons. The molecule has 5 nitrogen and oxygen atoms in total. The third-order valence-electron chi connectivity index (χ3n) is 4.72. The zero-order valence-electron chi connectivity index (χ0n) is 14.2. The highest BCUT2D eigenvalue weighted by Gasteiger charge is 2.37. The average molecular weight is 345 g/mol. The van der Waals surface area contributed by atoms with Crippen LogP contribution in [0.5, 0.6) is 0 Å². The summed E-state index contributed by atoms with van der Waals surface area (Å²) in [5, 5.41) is 9.23. The van der Waals surface area contributed by atoms with Crippen molar-refractivity contribution in [3.8, 4) is 0 Å². The van der Waals surface area contributed by atoms with Crippen LogP contribution < -0.4 is 0 Å². The van der Waals surface area contributed by atoms with Gasteiger partial charge >= 0.3 is 5.97 Å². The fraction of sp³-hybridized carbons (Fsp3) is 0.368. The Morgan fingerprint density at radius 1 is 1.36 bits per heavy atom. The lowest BCUT2D eigenvalue weighted by Gasteiger charge is -2.26. The van der Waals surface area contributed by atoms with Crippen LogP contribution in [-0.4, -0.2) is 28.4 Å². The van der Waals surface area contributed by atoms with Crippen molar-refractivity contribution in [2.24, 2.45) is 5.92 Å². The van der Waals surface area contributed by atoms with Crippen LogP contribution in [0.1, 0.15) is 58.5 Å². The molecule has 1 fully saturated rings. The van der Waals surface area contributed by atoms with E-state index in [1.807, 2.05) is 6.92 Å². The first-order valence-corrected chi connectivity index (χ1v) is 8.34. The molecule has 1 N–H and O–H groups in total. The summed E-state index contributed by atoms with van der Waals surface area (Å²) in [6.45, 7) is 4.31. The second-order valence-corrected chi connectivity index (χ2v) is 6.37. The van der Waals surface area contributed by atoms with Crippen LogP contribution >= 0.6 is 0 Å². The van der Waals surface area contributed by atoms with E-state index in [0.717, 1.165) is 12.0 Å². The van der Waals surface area contributed by atoms with Crippen molar-refractivity contribution in [3.63, 3.8) is 0 Å². The molecule has 1 saturated heterocycles. The number of hydrogen-bond acceptors (Lipinski definition) is 3. The monoisotopic (exact) mass is 345 g/mol. The summed E-state index contributed by atoms with van der Waals surface area (Å²) < 4.78 is 19.1. The van der Waals surface area contributed by atoms with Crippen LogP contribution in [0.4, 0.5) is 4.39 Å². The SMILES string of the molecule is CCc1oc(C(=O)N2CCC(C)C2c2cccc(F)c2)cc1C(=O)O. The molecule has 1 aromatic carbocycles. The molecule has 3 rings (SSSR count). The summed E-state index contributed by atoms with van der Waals surface area (Å²) in [5.74, 6) is -1.35. The molecule has 2 atom stereocenters. The van der Waals surface area contributed by atoms with Crippen molar-refractivity contribution >= 4 is 11.9 Å². The van der Waals surface area contributed by atoms with Gasteiger partial charge in [-0.2, -0.15) is 0 Å². The Bertz CT molecular complexity index is 814. The van der Waals surface area contributed by atoms with Gasteiger partial charge in [-0.05, 0) is 30.0 Å². The van der Waals surface area contributed by atoms with Crippen LogP contribution in [-0.2, 0) is 6.42 Å². The maximum Gasteiger partial charge on any atom is 0.339 e. The Hall–Kier alpha value is -2.63. The van der Waals surface area contributed by atoms with Crippen molar-refractivity contribution in [1.29, 1.82) is 0 Å². The van der Waals surface area contributed by atoms with Gasteiger partial charge in [0.1, 0.15) is 17.1 Å². The summed E-state index contributed by atoms with van der Waals surface area (Å²) in [6, 6.07) is 7.27. The summed E-state index contributed by atoms with van der Waals surface area (Å²) in [6.07, 6.45) is 1.18. The van der Waals surface area contributed by atoms with Gasteiger partial charge in [0, 0.05) is 19.0 Å². The zero-order valence-corrected chi connectivity index (χ0v) is 14.2. The number of amides is 1. The standard InChI is InChI=1S/C19H20FNO4/c1-3-15-14(19(23)24)10-16(25-15)18(22)21-8-7-11(2)17(21)12-5-4-6-13(20)9-12/h4-6,9-11,17H,3,7-8H2,1-2H3,(H,23,24). The fourth-order valence-electron chi connectivity index (χ4n) is 3.49. The zero-order chi connectivity index (χ0) is 18.1. The predicted octanol–water partition coefficient (Wildman–Crippen LogP) is 3.90. The number of rotatable bonds is 4. The first-order chi connectivity index (χ1) is 11.9. The van der Waals surface area contributed by atoms with Gasteiger partial charge in [-0.1, -0.05) is 26.0 Å². The van der Waals surface area contributed by atoms with E-state index in [1.54, 1.807) is 24.0 Å². The van der Waals surface area contributed by atoms with E-state index in [9.17, 15) is 19.1 Å². The highest BCUT2D eigenvalue weighted by atomic mass is 19.1. The second kappa shape index (κ2) is 6.70. The molecule has 1 aromatic heterocycles. The minimum Gasteiger partial charge on any atom is -0.478 e. The third kappa shape index (κ3) is 3.16. The van der Waals surface area contributed by atoms with Crippen molar-refractivity contribution in [3.05, 3.63) is 58.8 Å². The van der Waals surface area contributed by atoms with Crippen LogP contribution in [0, 0.1) is 11.7 Å². The van der Waals surface area contributed by atoms with E-state index >= 15 is 0 Å². The number of nitrogens with zero attached hydrogens (tertiary/aromatic N) is 1. The number of benzene rings is 1. The first kappa shape index (κ1) is 17.2. The van der Waals surface area contributed by atoms with Crippen LogP contribution in [0.2, 0.25) is 0 Å². The summed E-state index contributed by atoms with van der Waals surface area (Å²) in [5.41, 5.74) is 0.750. The van der Waals surface area contributed by atoms with E-state index in [0.29, 0.717) is 13.0 Å². The number of halogens is 1. The highest BCUT2D eigenvalue weighted by Crippen LogP contribution is 2.38. The van der Waals surface area contributed by atoms with Gasteiger partial charge in [-0.3, -0.25) is 4.79 Å². The molecule has 2 aromatic rings. The van der Waals surface area contributed by atoms with Gasteiger partial charge in [-0.15, -0.1) is 0 Å². The van der Waals surface area contributed by atoms with Gasteiger partial charge in [0.15, 0.2) is 5.76 Å².